The van der Waals surface area contributed by atoms with Crippen LogP contribution in [0.2, 0.25) is 0 Å². The third-order valence-corrected chi connectivity index (χ3v) is 6.13. The number of rotatable bonds is 18. The molecular weight excluding hydrogens is 500 g/mol. The Balaban J connectivity index is 3.05. The number of nitrogens with one attached hydrogen (secondary N) is 3. The molecule has 0 heterocycles. The van der Waals surface area contributed by atoms with Crippen molar-refractivity contribution in [1.82, 2.24) is 16.0 Å². The zero-order valence-electron chi connectivity index (χ0n) is 21.0. The summed E-state index contributed by atoms with van der Waals surface area (Å²) in [6.45, 7) is 0.371. The van der Waals surface area contributed by atoms with Crippen molar-refractivity contribution in [1.29, 1.82) is 0 Å². The SMILES string of the molecule is CSCCC(N)C(=O)NC(Cc1ccccc1)C(=O)NC(CC(N)=O)C(=O)NC(CCCCN)C(=O)O. The molecule has 4 atom stereocenters. The lowest BCUT2D eigenvalue weighted by molar-refractivity contribution is -0.142. The van der Waals surface area contributed by atoms with E-state index in [1.165, 1.54) is 11.8 Å². The molecule has 0 fully saturated rings. The van der Waals surface area contributed by atoms with Gasteiger partial charge in [0.2, 0.25) is 23.6 Å². The molecule has 0 aromatic heterocycles. The largest absolute Gasteiger partial charge is 0.480 e. The summed E-state index contributed by atoms with van der Waals surface area (Å²) in [5.41, 5.74) is 17.4. The third-order valence-electron chi connectivity index (χ3n) is 5.49. The van der Waals surface area contributed by atoms with E-state index in [4.69, 9.17) is 17.2 Å². The molecule has 0 saturated carbocycles. The van der Waals surface area contributed by atoms with Crippen LogP contribution in [0.5, 0.6) is 0 Å². The minimum absolute atomic E-state index is 0.0927. The normalized spacial score (nSPS) is 14.0. The number of thioether (sulfide) groups is 1. The number of nitrogens with two attached hydrogens (primary N) is 3. The average Bonchev–Trinajstić information content (AvgIpc) is 2.85. The van der Waals surface area contributed by atoms with E-state index >= 15 is 0 Å². The maximum absolute atomic E-state index is 13.2. The molecular formula is C24H38N6O6S. The van der Waals surface area contributed by atoms with Crippen LogP contribution in [0.3, 0.4) is 0 Å². The molecule has 0 aliphatic rings. The number of amides is 4. The molecule has 0 bridgehead atoms. The van der Waals surface area contributed by atoms with E-state index in [1.54, 1.807) is 30.3 Å². The summed E-state index contributed by atoms with van der Waals surface area (Å²) < 4.78 is 0. The van der Waals surface area contributed by atoms with Gasteiger partial charge >= 0.3 is 5.97 Å². The zero-order chi connectivity index (χ0) is 27.8. The maximum Gasteiger partial charge on any atom is 0.326 e. The number of unbranched alkanes of at least 4 members (excludes halogenated alkanes) is 1. The molecule has 13 heteroatoms. The van der Waals surface area contributed by atoms with Gasteiger partial charge in [0.1, 0.15) is 18.1 Å². The Labute approximate surface area is 220 Å². The van der Waals surface area contributed by atoms with E-state index in [0.29, 0.717) is 31.6 Å². The molecule has 0 radical (unpaired) electrons. The maximum atomic E-state index is 13.2. The predicted octanol–water partition coefficient (Wildman–Crippen LogP) is -1.15. The highest BCUT2D eigenvalue weighted by atomic mass is 32.2. The first-order valence-electron chi connectivity index (χ1n) is 12.0. The van der Waals surface area contributed by atoms with Crippen molar-refractivity contribution in [2.24, 2.45) is 17.2 Å². The Bertz CT molecular complexity index is 903. The van der Waals surface area contributed by atoms with Gasteiger partial charge < -0.3 is 38.3 Å². The van der Waals surface area contributed by atoms with Gasteiger partial charge in [-0.15, -0.1) is 0 Å². The summed E-state index contributed by atoms with van der Waals surface area (Å²) >= 11 is 1.53. The summed E-state index contributed by atoms with van der Waals surface area (Å²) in [5, 5.41) is 16.9. The van der Waals surface area contributed by atoms with Crippen LogP contribution in [0, 0.1) is 0 Å². The number of primary amides is 1. The molecule has 0 aliphatic heterocycles. The lowest BCUT2D eigenvalue weighted by atomic mass is 10.0. The van der Waals surface area contributed by atoms with E-state index in [-0.39, 0.29) is 12.8 Å². The van der Waals surface area contributed by atoms with E-state index in [0.717, 1.165) is 5.56 Å². The fraction of sp³-hybridized carbons (Fsp3) is 0.542. The molecule has 12 nitrogen and oxygen atoms in total. The number of carboxylic acid groups (broad SMARTS) is 1. The van der Waals surface area contributed by atoms with Crippen LogP contribution in [0.25, 0.3) is 0 Å². The Morgan fingerprint density at radius 3 is 2.05 bits per heavy atom. The van der Waals surface area contributed by atoms with Gasteiger partial charge in [0, 0.05) is 6.42 Å². The van der Waals surface area contributed by atoms with Crippen molar-refractivity contribution in [2.45, 2.75) is 62.7 Å². The number of carboxylic acids is 1. The van der Waals surface area contributed by atoms with Crippen molar-refractivity contribution >= 4 is 41.4 Å². The molecule has 4 amide bonds. The van der Waals surface area contributed by atoms with Gasteiger partial charge in [-0.3, -0.25) is 19.2 Å². The molecule has 0 saturated heterocycles. The molecule has 4 unspecified atom stereocenters. The van der Waals surface area contributed by atoms with Crippen molar-refractivity contribution in [2.75, 3.05) is 18.6 Å². The van der Waals surface area contributed by atoms with Crippen molar-refractivity contribution in [3.05, 3.63) is 35.9 Å². The highest BCUT2D eigenvalue weighted by molar-refractivity contribution is 7.98. The fourth-order valence-electron chi connectivity index (χ4n) is 3.42. The number of hydrogen-bond acceptors (Lipinski definition) is 8. The molecule has 37 heavy (non-hydrogen) atoms. The van der Waals surface area contributed by atoms with Crippen LogP contribution in [0.1, 0.15) is 37.7 Å². The number of benzene rings is 1. The Morgan fingerprint density at radius 1 is 0.892 bits per heavy atom. The number of aliphatic carboxylic acids is 1. The van der Waals surface area contributed by atoms with Crippen molar-refractivity contribution in [3.8, 4) is 0 Å². The monoisotopic (exact) mass is 538 g/mol. The van der Waals surface area contributed by atoms with E-state index in [1.807, 2.05) is 6.26 Å². The Hall–Kier alpha value is -3.16. The molecule has 0 aliphatic carbocycles. The number of carbonyl (C=O) groups excluding carboxylic acids is 4. The third kappa shape index (κ3) is 12.6. The van der Waals surface area contributed by atoms with Crippen LogP contribution in [-0.4, -0.2) is 77.4 Å². The standard InChI is InChI=1S/C24H38N6O6S/c1-37-12-10-16(26)21(32)29-18(13-15-7-3-2-4-8-15)22(33)30-19(14-20(27)31)23(34)28-17(24(35)36)9-5-6-11-25/h2-4,7-8,16-19H,5-6,9-14,25-26H2,1H3,(H2,27,31)(H,28,34)(H,29,32)(H,30,33)(H,35,36). The van der Waals surface area contributed by atoms with Gasteiger partial charge in [-0.25, -0.2) is 4.79 Å². The fourth-order valence-corrected chi connectivity index (χ4v) is 3.91. The van der Waals surface area contributed by atoms with Crippen LogP contribution < -0.4 is 33.2 Å². The van der Waals surface area contributed by atoms with Gasteiger partial charge in [0.15, 0.2) is 0 Å². The second kappa shape index (κ2) is 17.3. The van der Waals surface area contributed by atoms with Crippen LogP contribution in [0.4, 0.5) is 0 Å². The van der Waals surface area contributed by atoms with Gasteiger partial charge in [-0.1, -0.05) is 30.3 Å². The molecule has 10 N–H and O–H groups in total. The van der Waals surface area contributed by atoms with Crippen molar-refractivity contribution < 1.29 is 29.1 Å². The van der Waals surface area contributed by atoms with Gasteiger partial charge in [0.25, 0.3) is 0 Å². The lowest BCUT2D eigenvalue weighted by Crippen LogP contribution is -2.58. The smallest absolute Gasteiger partial charge is 0.326 e. The molecule has 0 spiro atoms. The minimum atomic E-state index is -1.44. The van der Waals surface area contributed by atoms with Gasteiger partial charge in [-0.05, 0) is 49.8 Å². The van der Waals surface area contributed by atoms with E-state index in [9.17, 15) is 29.1 Å². The van der Waals surface area contributed by atoms with E-state index < -0.39 is 60.2 Å². The topological polar surface area (TPSA) is 220 Å². The average molecular weight is 539 g/mol. The lowest BCUT2D eigenvalue weighted by Gasteiger charge is -2.25. The van der Waals surface area contributed by atoms with Crippen LogP contribution in [-0.2, 0) is 30.4 Å². The highest BCUT2D eigenvalue weighted by Gasteiger charge is 2.31. The van der Waals surface area contributed by atoms with E-state index in [2.05, 4.69) is 16.0 Å². The summed E-state index contributed by atoms with van der Waals surface area (Å²) in [5.74, 6) is -3.64. The Morgan fingerprint density at radius 2 is 1.49 bits per heavy atom. The first kappa shape index (κ1) is 31.9. The molecule has 1 aromatic carbocycles. The predicted molar refractivity (Wildman–Crippen MR) is 141 cm³/mol. The first-order valence-corrected chi connectivity index (χ1v) is 13.4. The minimum Gasteiger partial charge on any atom is -0.480 e. The summed E-state index contributed by atoms with van der Waals surface area (Å²) in [6.07, 6.45) is 2.97. The van der Waals surface area contributed by atoms with Gasteiger partial charge in [0.05, 0.1) is 12.5 Å². The highest BCUT2D eigenvalue weighted by Crippen LogP contribution is 2.07. The second-order valence-corrected chi connectivity index (χ2v) is 9.54. The van der Waals surface area contributed by atoms with Crippen LogP contribution >= 0.6 is 11.8 Å². The molecule has 1 rings (SSSR count). The molecule has 1 aromatic rings. The van der Waals surface area contributed by atoms with Gasteiger partial charge in [-0.2, -0.15) is 11.8 Å². The second-order valence-electron chi connectivity index (χ2n) is 8.55. The van der Waals surface area contributed by atoms with Crippen molar-refractivity contribution in [3.63, 3.8) is 0 Å². The summed E-state index contributed by atoms with van der Waals surface area (Å²) in [6, 6.07) is 4.26. The Kier molecular flexibility index (Phi) is 14.9. The molecule has 206 valence electrons. The quantitative estimate of drug-likeness (QED) is 0.112. The summed E-state index contributed by atoms with van der Waals surface area (Å²) in [7, 11) is 0. The number of hydrogen-bond donors (Lipinski definition) is 7. The zero-order valence-corrected chi connectivity index (χ0v) is 21.8. The van der Waals surface area contributed by atoms with Crippen LogP contribution in [0.15, 0.2) is 30.3 Å². The number of carbonyl (C=O) groups is 5. The first-order chi connectivity index (χ1) is 17.6. The summed E-state index contributed by atoms with van der Waals surface area (Å²) in [4.78, 5) is 61.9.